The number of aromatic nitrogens is 2. The molecule has 0 saturated heterocycles. The fourth-order valence-corrected chi connectivity index (χ4v) is 1.12. The molecule has 0 aliphatic carbocycles. The third kappa shape index (κ3) is 0.906. The zero-order valence-corrected chi connectivity index (χ0v) is 6.39. The number of nitrogens with zero attached hydrogens (tertiary/aromatic N) is 3. The van der Waals surface area contributed by atoms with Gasteiger partial charge in [-0.1, -0.05) is 0 Å². The standard InChI is InChI=1S/C7H4N4O2/c8-3-4-5(12)6-9-1-2-11(6)10-7(4)13/h1-2,4H,(H,10,13). The molecule has 1 aromatic heterocycles. The highest BCUT2D eigenvalue weighted by Crippen LogP contribution is 2.11. The van der Waals surface area contributed by atoms with Crippen molar-refractivity contribution in [3.05, 3.63) is 18.2 Å². The van der Waals surface area contributed by atoms with Gasteiger partial charge in [0.15, 0.2) is 11.7 Å². The summed E-state index contributed by atoms with van der Waals surface area (Å²) in [5.41, 5.74) is 2.34. The second kappa shape index (κ2) is 2.42. The molecule has 0 radical (unpaired) electrons. The number of carbonyl (C=O) groups excluding carboxylic acids is 2. The average Bonchev–Trinajstić information content (AvgIpc) is 2.53. The Bertz CT molecular complexity index is 428. The first kappa shape index (κ1) is 7.49. The number of ketones is 1. The summed E-state index contributed by atoms with van der Waals surface area (Å²) in [7, 11) is 0. The number of Topliss-reactive ketones (excluding diaryl/α,β-unsaturated/α-hetero) is 1. The van der Waals surface area contributed by atoms with Gasteiger partial charge in [-0.25, -0.2) is 9.66 Å². The molecule has 6 heteroatoms. The van der Waals surface area contributed by atoms with E-state index in [9.17, 15) is 9.59 Å². The van der Waals surface area contributed by atoms with Crippen LogP contribution in [0.2, 0.25) is 0 Å². The van der Waals surface area contributed by atoms with Gasteiger partial charge in [-0.15, -0.1) is 0 Å². The molecule has 0 spiro atoms. The average molecular weight is 176 g/mol. The maximum atomic E-state index is 11.4. The first-order valence-corrected chi connectivity index (χ1v) is 3.52. The van der Waals surface area contributed by atoms with E-state index in [0.717, 1.165) is 0 Å². The SMILES string of the molecule is N#CC1C(=O)Nn2ccnc2C1=O. The topological polar surface area (TPSA) is 87.8 Å². The molecule has 1 amide bonds. The number of nitrogens with one attached hydrogen (secondary N) is 1. The van der Waals surface area contributed by atoms with Gasteiger partial charge in [0.2, 0.25) is 5.78 Å². The van der Waals surface area contributed by atoms with Crippen molar-refractivity contribution in [1.82, 2.24) is 9.66 Å². The van der Waals surface area contributed by atoms with Gasteiger partial charge >= 0.3 is 0 Å². The molecule has 1 aliphatic rings. The lowest BCUT2D eigenvalue weighted by molar-refractivity contribution is -0.118. The zero-order valence-electron chi connectivity index (χ0n) is 6.39. The quantitative estimate of drug-likeness (QED) is 0.529. The lowest BCUT2D eigenvalue weighted by Gasteiger charge is -2.16. The predicted octanol–water partition coefficient (Wildman–Crippen LogP) is -0.711. The fourth-order valence-electron chi connectivity index (χ4n) is 1.12. The smallest absolute Gasteiger partial charge is 0.264 e. The molecule has 1 unspecified atom stereocenters. The molecule has 0 aromatic carbocycles. The van der Waals surface area contributed by atoms with Crippen LogP contribution in [0.5, 0.6) is 0 Å². The molecule has 6 nitrogen and oxygen atoms in total. The second-order valence-electron chi connectivity index (χ2n) is 2.52. The normalized spacial score (nSPS) is 20.4. The molecule has 0 saturated carbocycles. The molecule has 1 aliphatic heterocycles. The summed E-state index contributed by atoms with van der Waals surface area (Å²) in [6.45, 7) is 0. The Kier molecular flexibility index (Phi) is 1.39. The highest BCUT2D eigenvalue weighted by molar-refractivity contribution is 6.15. The van der Waals surface area contributed by atoms with Crippen molar-refractivity contribution in [1.29, 1.82) is 5.26 Å². The minimum Gasteiger partial charge on any atom is -0.289 e. The number of nitriles is 1. The Morgan fingerprint density at radius 1 is 1.62 bits per heavy atom. The lowest BCUT2D eigenvalue weighted by Crippen LogP contribution is -2.41. The number of imidazole rings is 1. The fraction of sp³-hybridized carbons (Fsp3) is 0.143. The molecule has 13 heavy (non-hydrogen) atoms. The lowest BCUT2D eigenvalue weighted by atomic mass is 10.0. The van der Waals surface area contributed by atoms with Gasteiger partial charge in [-0.2, -0.15) is 5.26 Å². The Hall–Kier alpha value is -2.16. The Labute approximate surface area is 72.8 Å². The molecule has 1 aromatic rings. The molecule has 0 fully saturated rings. The second-order valence-corrected chi connectivity index (χ2v) is 2.52. The van der Waals surface area contributed by atoms with Gasteiger partial charge < -0.3 is 0 Å². The van der Waals surface area contributed by atoms with Gasteiger partial charge in [0.1, 0.15) is 0 Å². The highest BCUT2D eigenvalue weighted by atomic mass is 16.2. The molecular weight excluding hydrogens is 172 g/mol. The van der Waals surface area contributed by atoms with E-state index < -0.39 is 17.6 Å². The van der Waals surface area contributed by atoms with Crippen LogP contribution in [0.25, 0.3) is 0 Å². The van der Waals surface area contributed by atoms with Crippen molar-refractivity contribution < 1.29 is 9.59 Å². The van der Waals surface area contributed by atoms with Crippen molar-refractivity contribution in [3.8, 4) is 6.07 Å². The summed E-state index contributed by atoms with van der Waals surface area (Å²) < 4.78 is 1.21. The van der Waals surface area contributed by atoms with Crippen LogP contribution in [0.1, 0.15) is 10.6 Å². The maximum absolute atomic E-state index is 11.4. The van der Waals surface area contributed by atoms with Crippen LogP contribution < -0.4 is 5.43 Å². The summed E-state index contributed by atoms with van der Waals surface area (Å²) >= 11 is 0. The summed E-state index contributed by atoms with van der Waals surface area (Å²) in [6.07, 6.45) is 2.83. The summed E-state index contributed by atoms with van der Waals surface area (Å²) in [6, 6.07) is 1.62. The van der Waals surface area contributed by atoms with Crippen molar-refractivity contribution in [2.24, 2.45) is 5.92 Å². The molecular formula is C7H4N4O2. The Morgan fingerprint density at radius 2 is 2.38 bits per heavy atom. The van der Waals surface area contributed by atoms with Crippen LogP contribution in [0, 0.1) is 17.2 Å². The van der Waals surface area contributed by atoms with Crippen molar-refractivity contribution in [2.45, 2.75) is 0 Å². The van der Waals surface area contributed by atoms with E-state index in [1.807, 2.05) is 0 Å². The van der Waals surface area contributed by atoms with Gasteiger partial charge in [-0.3, -0.25) is 15.0 Å². The minimum absolute atomic E-state index is 0.0890. The number of hydrogen-bond acceptors (Lipinski definition) is 4. The Morgan fingerprint density at radius 3 is 3.08 bits per heavy atom. The number of hydrogen-bond donors (Lipinski definition) is 1. The van der Waals surface area contributed by atoms with Crippen molar-refractivity contribution in [2.75, 3.05) is 5.43 Å². The number of amides is 1. The van der Waals surface area contributed by atoms with E-state index in [-0.39, 0.29) is 5.82 Å². The number of carbonyl (C=O) groups is 2. The summed E-state index contributed by atoms with van der Waals surface area (Å²) in [5, 5.41) is 8.53. The molecule has 1 atom stereocenters. The molecule has 2 heterocycles. The van der Waals surface area contributed by atoms with Gasteiger partial charge in [-0.05, 0) is 0 Å². The van der Waals surface area contributed by atoms with E-state index in [1.165, 1.54) is 17.1 Å². The minimum atomic E-state index is -1.27. The molecule has 1 N–H and O–H groups in total. The summed E-state index contributed by atoms with van der Waals surface area (Å²) in [4.78, 5) is 26.2. The monoisotopic (exact) mass is 176 g/mol. The van der Waals surface area contributed by atoms with Crippen LogP contribution in [0.15, 0.2) is 12.4 Å². The third-order valence-corrected chi connectivity index (χ3v) is 1.75. The van der Waals surface area contributed by atoms with E-state index in [0.29, 0.717) is 0 Å². The molecule has 0 bridgehead atoms. The number of rotatable bonds is 0. The zero-order chi connectivity index (χ0) is 9.42. The Balaban J connectivity index is 2.53. The van der Waals surface area contributed by atoms with E-state index in [4.69, 9.17) is 5.26 Å². The van der Waals surface area contributed by atoms with E-state index in [2.05, 4.69) is 10.4 Å². The van der Waals surface area contributed by atoms with Crippen molar-refractivity contribution >= 4 is 11.7 Å². The predicted molar refractivity (Wildman–Crippen MR) is 40.0 cm³/mol. The van der Waals surface area contributed by atoms with Crippen LogP contribution in [0.4, 0.5) is 0 Å². The van der Waals surface area contributed by atoms with Gasteiger partial charge in [0.05, 0.1) is 6.07 Å². The van der Waals surface area contributed by atoms with Crippen LogP contribution in [0.3, 0.4) is 0 Å². The van der Waals surface area contributed by atoms with Gasteiger partial charge in [0, 0.05) is 12.4 Å². The molecule has 64 valence electrons. The highest BCUT2D eigenvalue weighted by Gasteiger charge is 2.35. The van der Waals surface area contributed by atoms with Crippen LogP contribution in [-0.2, 0) is 4.79 Å². The summed E-state index contributed by atoms with van der Waals surface area (Å²) in [5.74, 6) is -2.35. The van der Waals surface area contributed by atoms with E-state index in [1.54, 1.807) is 6.07 Å². The first-order valence-electron chi connectivity index (χ1n) is 3.52. The van der Waals surface area contributed by atoms with E-state index >= 15 is 0 Å². The first-order chi connectivity index (χ1) is 6.24. The van der Waals surface area contributed by atoms with Gasteiger partial charge in [0.25, 0.3) is 5.91 Å². The number of fused-ring (bicyclic) bond motifs is 1. The third-order valence-electron chi connectivity index (χ3n) is 1.75. The van der Waals surface area contributed by atoms with Crippen LogP contribution in [-0.4, -0.2) is 21.4 Å². The molecule has 2 rings (SSSR count). The maximum Gasteiger partial charge on any atom is 0.264 e. The largest absolute Gasteiger partial charge is 0.289 e. The van der Waals surface area contributed by atoms with Crippen molar-refractivity contribution in [3.63, 3.8) is 0 Å². The van der Waals surface area contributed by atoms with Crippen LogP contribution >= 0.6 is 0 Å².